The molecule has 0 aromatic heterocycles. The fraction of sp³-hybridized carbons (Fsp3) is 0.115. The minimum absolute atomic E-state index is 0.834. The summed E-state index contributed by atoms with van der Waals surface area (Å²) >= 11 is 0. The molecule has 4 heteroatoms. The van der Waals surface area contributed by atoms with E-state index in [1.54, 1.807) is 0 Å². The first kappa shape index (κ1) is 34.6. The van der Waals surface area contributed by atoms with Crippen molar-refractivity contribution in [2.24, 2.45) is 0 Å². The predicted molar refractivity (Wildman–Crippen MR) is 232 cm³/mol. The number of para-hydroxylation sites is 4. The van der Waals surface area contributed by atoms with Crippen molar-refractivity contribution < 1.29 is 0 Å². The lowest BCUT2D eigenvalue weighted by Gasteiger charge is -2.26. The second-order valence-corrected chi connectivity index (χ2v) is 14.4. The topological polar surface area (TPSA) is 13.0 Å². The van der Waals surface area contributed by atoms with E-state index in [1.807, 2.05) is 60.7 Å². The highest BCUT2D eigenvalue weighted by Gasteiger charge is 2.28. The van der Waals surface area contributed by atoms with Crippen LogP contribution in [0.25, 0.3) is 0 Å². The lowest BCUT2D eigenvalue weighted by Crippen LogP contribution is -2.32. The van der Waals surface area contributed by atoms with Crippen molar-refractivity contribution >= 4 is 22.7 Å². The molecule has 0 amide bonds. The number of fused-ring (bicyclic) bond motifs is 2. The van der Waals surface area contributed by atoms with Gasteiger partial charge in [-0.05, 0) is 95.1 Å². The Balaban J connectivity index is 0.874. The Morgan fingerprint density at radius 2 is 0.571 bits per heavy atom. The molecule has 4 nitrogen and oxygen atoms in total. The largest absolute Gasteiger partial charge is 0.348 e. The summed E-state index contributed by atoms with van der Waals surface area (Å²) in [4.78, 5) is 10.0. The van der Waals surface area contributed by atoms with Gasteiger partial charge in [-0.25, -0.2) is 0 Å². The SMILES string of the molecule is C(#Cc1ccc(CN2CN(Cc3ccccc3CN3CN(Cc4ccc(C#Cc5ccccc5)cc4)c4ccccc43)c3ccccc32)cc1)c1ccccc1. The molecule has 0 saturated carbocycles. The van der Waals surface area contributed by atoms with Gasteiger partial charge in [0.1, 0.15) is 0 Å². The van der Waals surface area contributed by atoms with Gasteiger partial charge in [-0.2, -0.15) is 0 Å². The van der Waals surface area contributed by atoms with E-state index >= 15 is 0 Å². The van der Waals surface area contributed by atoms with Crippen LogP contribution in [0.5, 0.6) is 0 Å². The predicted octanol–water partition coefficient (Wildman–Crippen LogP) is 10.5. The molecule has 0 radical (unpaired) electrons. The van der Waals surface area contributed by atoms with Gasteiger partial charge < -0.3 is 19.6 Å². The first-order valence-corrected chi connectivity index (χ1v) is 19.3. The minimum Gasteiger partial charge on any atom is -0.348 e. The fourth-order valence-electron chi connectivity index (χ4n) is 7.69. The van der Waals surface area contributed by atoms with Gasteiger partial charge in [-0.15, -0.1) is 0 Å². The Hall–Kier alpha value is -7.14. The zero-order chi connectivity index (χ0) is 37.5. The lowest BCUT2D eigenvalue weighted by molar-refractivity contribution is 0.741. The summed E-state index contributed by atoms with van der Waals surface area (Å²) in [6, 6.07) is 64.3. The van der Waals surface area contributed by atoms with Crippen LogP contribution >= 0.6 is 0 Å². The van der Waals surface area contributed by atoms with Crippen molar-refractivity contribution in [3.8, 4) is 23.7 Å². The monoisotopic (exact) mass is 722 g/mol. The Labute approximate surface area is 330 Å². The summed E-state index contributed by atoms with van der Waals surface area (Å²) in [6.07, 6.45) is 0. The number of hydrogen-bond acceptors (Lipinski definition) is 4. The third-order valence-electron chi connectivity index (χ3n) is 10.6. The molecule has 2 aliphatic rings. The summed E-state index contributed by atoms with van der Waals surface area (Å²) in [7, 11) is 0. The quantitative estimate of drug-likeness (QED) is 0.145. The van der Waals surface area contributed by atoms with Gasteiger partial charge in [0.05, 0.1) is 36.1 Å². The molecule has 9 rings (SSSR count). The first-order chi connectivity index (χ1) is 27.7. The van der Waals surface area contributed by atoms with E-state index in [1.165, 1.54) is 45.0 Å². The van der Waals surface area contributed by atoms with Gasteiger partial charge in [0.2, 0.25) is 0 Å². The summed E-state index contributed by atoms with van der Waals surface area (Å²) in [6.45, 7) is 5.03. The number of nitrogens with zero attached hydrogens (tertiary/aromatic N) is 4. The summed E-state index contributed by atoms with van der Waals surface area (Å²) in [5.74, 6) is 13.2. The van der Waals surface area contributed by atoms with Crippen LogP contribution in [0.2, 0.25) is 0 Å². The van der Waals surface area contributed by atoms with Crippen molar-refractivity contribution in [2.75, 3.05) is 32.9 Å². The third-order valence-corrected chi connectivity index (χ3v) is 10.6. The van der Waals surface area contributed by atoms with E-state index in [2.05, 4.69) is 165 Å². The average Bonchev–Trinajstić information content (AvgIpc) is 3.78. The molecule has 0 spiro atoms. The van der Waals surface area contributed by atoms with Crippen LogP contribution in [0.4, 0.5) is 22.7 Å². The van der Waals surface area contributed by atoms with Crippen LogP contribution in [0.3, 0.4) is 0 Å². The second-order valence-electron chi connectivity index (χ2n) is 14.4. The van der Waals surface area contributed by atoms with Gasteiger partial charge in [0.25, 0.3) is 0 Å². The zero-order valence-electron chi connectivity index (χ0n) is 31.4. The molecular formula is C52H42N4. The third kappa shape index (κ3) is 7.88. The Bertz CT molecular complexity index is 2380. The molecule has 0 atom stereocenters. The van der Waals surface area contributed by atoms with E-state index < -0.39 is 0 Å². The van der Waals surface area contributed by atoms with Crippen LogP contribution < -0.4 is 19.6 Å². The molecule has 0 bridgehead atoms. The van der Waals surface area contributed by atoms with Crippen molar-refractivity contribution in [1.29, 1.82) is 0 Å². The Morgan fingerprint density at radius 1 is 0.286 bits per heavy atom. The van der Waals surface area contributed by atoms with E-state index in [4.69, 9.17) is 0 Å². The molecule has 0 unspecified atom stereocenters. The molecule has 2 heterocycles. The average molecular weight is 723 g/mol. The smallest absolute Gasteiger partial charge is 0.0911 e. The highest BCUT2D eigenvalue weighted by molar-refractivity contribution is 5.77. The molecular weight excluding hydrogens is 681 g/mol. The number of hydrogen-bond donors (Lipinski definition) is 0. The van der Waals surface area contributed by atoms with Crippen molar-refractivity contribution in [3.05, 3.63) is 226 Å². The molecule has 0 N–H and O–H groups in total. The van der Waals surface area contributed by atoms with Gasteiger partial charge in [0, 0.05) is 48.4 Å². The standard InChI is InChI=1S/C52H42N4/c1-3-13-41(14-4-1)23-25-43-27-31-45(32-28-43)35-53-39-55(51-21-11-9-19-49(51)53)37-47-17-7-8-18-48(47)38-56-40-54(50-20-10-12-22-52(50)56)36-46-33-29-44(30-34-46)26-24-42-15-5-2-6-16-42/h1-22,27-34H,35-40H2. The number of rotatable bonds is 8. The maximum atomic E-state index is 3.31. The highest BCUT2D eigenvalue weighted by Crippen LogP contribution is 2.40. The van der Waals surface area contributed by atoms with Crippen molar-refractivity contribution in [2.45, 2.75) is 26.2 Å². The van der Waals surface area contributed by atoms with E-state index in [0.717, 1.165) is 61.8 Å². The Morgan fingerprint density at radius 3 is 0.929 bits per heavy atom. The van der Waals surface area contributed by atoms with E-state index in [9.17, 15) is 0 Å². The van der Waals surface area contributed by atoms with Crippen LogP contribution in [0.15, 0.2) is 182 Å². The van der Waals surface area contributed by atoms with E-state index in [-0.39, 0.29) is 0 Å². The summed E-state index contributed by atoms with van der Waals surface area (Å²) in [5.41, 5.74) is 14.5. The van der Waals surface area contributed by atoms with Crippen LogP contribution in [0, 0.1) is 23.7 Å². The lowest BCUT2D eigenvalue weighted by atomic mass is 10.1. The molecule has 270 valence electrons. The summed E-state index contributed by atoms with van der Waals surface area (Å²) < 4.78 is 0. The summed E-state index contributed by atoms with van der Waals surface area (Å²) in [5, 5.41) is 0. The molecule has 7 aromatic rings. The van der Waals surface area contributed by atoms with E-state index in [0.29, 0.717) is 0 Å². The molecule has 0 saturated heterocycles. The van der Waals surface area contributed by atoms with Crippen molar-refractivity contribution in [1.82, 2.24) is 0 Å². The highest BCUT2D eigenvalue weighted by atomic mass is 15.4. The van der Waals surface area contributed by atoms with Crippen molar-refractivity contribution in [3.63, 3.8) is 0 Å². The fourth-order valence-corrected chi connectivity index (χ4v) is 7.69. The Kier molecular flexibility index (Phi) is 9.94. The van der Waals surface area contributed by atoms with Crippen LogP contribution in [-0.4, -0.2) is 13.3 Å². The first-order valence-electron chi connectivity index (χ1n) is 19.3. The van der Waals surface area contributed by atoms with Crippen LogP contribution in [0.1, 0.15) is 44.5 Å². The maximum Gasteiger partial charge on any atom is 0.0911 e. The molecule has 2 aliphatic heterocycles. The minimum atomic E-state index is 0.834. The van der Waals surface area contributed by atoms with Gasteiger partial charge in [-0.1, -0.05) is 133 Å². The molecule has 0 aliphatic carbocycles. The molecule has 7 aromatic carbocycles. The number of benzene rings is 7. The van der Waals surface area contributed by atoms with Gasteiger partial charge >= 0.3 is 0 Å². The van der Waals surface area contributed by atoms with Gasteiger partial charge in [0.15, 0.2) is 0 Å². The van der Waals surface area contributed by atoms with Gasteiger partial charge in [-0.3, -0.25) is 0 Å². The zero-order valence-corrected chi connectivity index (χ0v) is 31.4. The normalized spacial score (nSPS) is 12.7. The maximum absolute atomic E-state index is 3.31. The molecule has 0 fully saturated rings. The van der Waals surface area contributed by atoms with Crippen LogP contribution in [-0.2, 0) is 26.2 Å². The second kappa shape index (κ2) is 16.1. The molecule has 56 heavy (non-hydrogen) atoms. The number of anilines is 4.